The van der Waals surface area contributed by atoms with Crippen LogP contribution >= 0.6 is 11.6 Å². The highest BCUT2D eigenvalue weighted by Gasteiger charge is 2.41. The van der Waals surface area contributed by atoms with E-state index in [1.165, 1.54) is 5.06 Å². The molecule has 1 unspecified atom stereocenters. The maximum absolute atomic E-state index is 10.5. The van der Waals surface area contributed by atoms with Crippen LogP contribution in [0.1, 0.15) is 47.0 Å². The molecule has 0 aromatic carbocycles. The van der Waals surface area contributed by atoms with E-state index in [1.807, 2.05) is 27.7 Å². The molecule has 4 N–H and O–H groups in total. The minimum absolute atomic E-state index is 0.0978. The first-order valence-corrected chi connectivity index (χ1v) is 8.22. The van der Waals surface area contributed by atoms with Crippen molar-refractivity contribution in [3.63, 3.8) is 0 Å². The number of hydrogen-bond donors (Lipinski definition) is 4. The summed E-state index contributed by atoms with van der Waals surface area (Å²) in [5.41, 5.74) is -0.656. The minimum Gasteiger partial charge on any atom is -0.353 e. The zero-order chi connectivity index (χ0) is 17.3. The van der Waals surface area contributed by atoms with Gasteiger partial charge < -0.3 is 15.8 Å². The molecule has 1 aromatic rings. The van der Waals surface area contributed by atoms with Gasteiger partial charge in [-0.25, -0.2) is 4.98 Å². The fourth-order valence-corrected chi connectivity index (χ4v) is 3.38. The Bertz CT molecular complexity index is 575. The average molecular weight is 340 g/mol. The molecular weight excluding hydrogens is 314 g/mol. The van der Waals surface area contributed by atoms with E-state index >= 15 is 0 Å². The zero-order valence-electron chi connectivity index (χ0n) is 14.2. The van der Waals surface area contributed by atoms with Crippen LogP contribution in [0.15, 0.2) is 18.2 Å². The number of pyridine rings is 1. The van der Waals surface area contributed by atoms with Crippen LogP contribution in [0.25, 0.3) is 0 Å². The van der Waals surface area contributed by atoms with E-state index in [0.29, 0.717) is 11.0 Å². The monoisotopic (exact) mass is 339 g/mol. The Kier molecular flexibility index (Phi) is 5.18. The van der Waals surface area contributed by atoms with Crippen molar-refractivity contribution < 1.29 is 5.21 Å². The number of nitrogens with one attached hydrogen (secondary N) is 3. The molecule has 1 aliphatic heterocycles. The van der Waals surface area contributed by atoms with Crippen LogP contribution in [0.5, 0.6) is 0 Å². The Hall–Kier alpha value is -1.37. The van der Waals surface area contributed by atoms with Crippen molar-refractivity contribution in [2.75, 3.05) is 5.32 Å². The second-order valence-electron chi connectivity index (χ2n) is 7.37. The molecule has 0 amide bonds. The standard InChI is InChI=1S/C16H26ClN5O/c1-15(2)9-8-11(10-16(3,4)22(15)23)19-14(18)21-13-7-5-6-12(17)20-13/h5-7,11,23H,8-10H2,1-4H3,(H3,18,19,20,21). The number of aromatic nitrogens is 1. The van der Waals surface area contributed by atoms with Crippen LogP contribution in [0.2, 0.25) is 5.15 Å². The third kappa shape index (κ3) is 4.56. The van der Waals surface area contributed by atoms with Crippen molar-refractivity contribution >= 4 is 23.4 Å². The maximum Gasteiger partial charge on any atom is 0.194 e. The van der Waals surface area contributed by atoms with Gasteiger partial charge in [0.1, 0.15) is 11.0 Å². The largest absolute Gasteiger partial charge is 0.353 e. The first-order valence-electron chi connectivity index (χ1n) is 7.84. The van der Waals surface area contributed by atoms with Crippen LogP contribution in [0, 0.1) is 5.41 Å². The normalized spacial score (nSPS) is 23.8. The summed E-state index contributed by atoms with van der Waals surface area (Å²) in [7, 11) is 0. The fraction of sp³-hybridized carbons (Fsp3) is 0.625. The summed E-state index contributed by atoms with van der Waals surface area (Å²) in [4.78, 5) is 4.11. The van der Waals surface area contributed by atoms with Gasteiger partial charge in [-0.05, 0) is 59.1 Å². The number of rotatable bonds is 2. The van der Waals surface area contributed by atoms with Crippen molar-refractivity contribution in [2.45, 2.75) is 64.1 Å². The van der Waals surface area contributed by atoms with Crippen molar-refractivity contribution in [2.24, 2.45) is 0 Å². The molecule has 2 heterocycles. The highest BCUT2D eigenvalue weighted by Crippen LogP contribution is 2.35. The lowest BCUT2D eigenvalue weighted by atomic mass is 9.94. The zero-order valence-corrected chi connectivity index (χ0v) is 14.9. The van der Waals surface area contributed by atoms with E-state index in [4.69, 9.17) is 17.0 Å². The Morgan fingerprint density at radius 2 is 2.04 bits per heavy atom. The van der Waals surface area contributed by atoms with Gasteiger partial charge in [-0.2, -0.15) is 5.06 Å². The topological polar surface area (TPSA) is 84.3 Å². The minimum atomic E-state index is -0.369. The molecular formula is C16H26ClN5O. The summed E-state index contributed by atoms with van der Waals surface area (Å²) < 4.78 is 0. The van der Waals surface area contributed by atoms with Crippen LogP contribution in [-0.2, 0) is 0 Å². The molecule has 2 rings (SSSR count). The molecule has 1 atom stereocenters. The maximum atomic E-state index is 10.5. The fourth-order valence-electron chi connectivity index (χ4n) is 3.21. The van der Waals surface area contributed by atoms with Gasteiger partial charge in [-0.3, -0.25) is 5.41 Å². The van der Waals surface area contributed by atoms with Crippen molar-refractivity contribution in [1.82, 2.24) is 15.4 Å². The Morgan fingerprint density at radius 1 is 1.35 bits per heavy atom. The quantitative estimate of drug-likeness (QED) is 0.376. The number of anilines is 1. The van der Waals surface area contributed by atoms with E-state index in [2.05, 4.69) is 15.6 Å². The van der Waals surface area contributed by atoms with E-state index in [1.54, 1.807) is 18.2 Å². The molecule has 1 saturated heterocycles. The number of nitrogens with zero attached hydrogens (tertiary/aromatic N) is 2. The summed E-state index contributed by atoms with van der Waals surface area (Å²) in [5.74, 6) is 0.719. The van der Waals surface area contributed by atoms with Gasteiger partial charge >= 0.3 is 0 Å². The Morgan fingerprint density at radius 3 is 2.70 bits per heavy atom. The molecule has 128 valence electrons. The van der Waals surface area contributed by atoms with Gasteiger partial charge in [0.05, 0.1) is 0 Å². The smallest absolute Gasteiger partial charge is 0.194 e. The molecule has 0 spiro atoms. The van der Waals surface area contributed by atoms with Gasteiger partial charge in [0.15, 0.2) is 5.96 Å². The number of halogens is 1. The van der Waals surface area contributed by atoms with E-state index in [-0.39, 0.29) is 23.1 Å². The lowest BCUT2D eigenvalue weighted by Crippen LogP contribution is -2.53. The van der Waals surface area contributed by atoms with E-state index in [0.717, 1.165) is 19.3 Å². The third-order valence-electron chi connectivity index (χ3n) is 4.31. The van der Waals surface area contributed by atoms with Gasteiger partial charge in [0.25, 0.3) is 0 Å². The molecule has 7 heteroatoms. The predicted octanol–water partition coefficient (Wildman–Crippen LogP) is 3.47. The van der Waals surface area contributed by atoms with Crippen LogP contribution < -0.4 is 10.6 Å². The highest BCUT2D eigenvalue weighted by atomic mass is 35.5. The summed E-state index contributed by atoms with van der Waals surface area (Å²) in [6, 6.07) is 5.33. The second-order valence-corrected chi connectivity index (χ2v) is 7.75. The van der Waals surface area contributed by atoms with Gasteiger partial charge in [-0.15, -0.1) is 0 Å². The number of guanidine groups is 1. The first-order chi connectivity index (χ1) is 10.6. The van der Waals surface area contributed by atoms with Crippen molar-refractivity contribution in [1.29, 1.82) is 5.41 Å². The Balaban J connectivity index is 2.01. The summed E-state index contributed by atoms with van der Waals surface area (Å²) in [6.07, 6.45) is 2.45. The number of hydrogen-bond acceptors (Lipinski definition) is 4. The third-order valence-corrected chi connectivity index (χ3v) is 4.52. The van der Waals surface area contributed by atoms with Gasteiger partial charge in [0, 0.05) is 17.1 Å². The lowest BCUT2D eigenvalue weighted by Gasteiger charge is -2.42. The van der Waals surface area contributed by atoms with Crippen LogP contribution in [0.3, 0.4) is 0 Å². The van der Waals surface area contributed by atoms with Crippen LogP contribution in [0.4, 0.5) is 5.82 Å². The van der Waals surface area contributed by atoms with E-state index < -0.39 is 0 Å². The number of hydroxylamine groups is 2. The van der Waals surface area contributed by atoms with Gasteiger partial charge in [-0.1, -0.05) is 17.7 Å². The molecule has 0 saturated carbocycles. The Labute approximate surface area is 142 Å². The SMILES string of the molecule is CC1(C)CCC(NC(=N)Nc2cccc(Cl)n2)CC(C)(C)N1O. The molecule has 1 aliphatic rings. The van der Waals surface area contributed by atoms with Gasteiger partial charge in [0.2, 0.25) is 0 Å². The highest BCUT2D eigenvalue weighted by molar-refractivity contribution is 6.29. The average Bonchev–Trinajstić information content (AvgIpc) is 2.49. The molecule has 6 nitrogen and oxygen atoms in total. The van der Waals surface area contributed by atoms with E-state index in [9.17, 15) is 5.21 Å². The molecule has 0 bridgehead atoms. The summed E-state index contributed by atoms with van der Waals surface area (Å²) >= 11 is 5.85. The summed E-state index contributed by atoms with van der Waals surface area (Å²) in [5, 5.41) is 26.5. The summed E-state index contributed by atoms with van der Waals surface area (Å²) in [6.45, 7) is 8.11. The molecule has 1 fully saturated rings. The molecule has 1 aromatic heterocycles. The second kappa shape index (κ2) is 6.63. The van der Waals surface area contributed by atoms with Crippen LogP contribution in [-0.4, -0.2) is 38.3 Å². The molecule has 23 heavy (non-hydrogen) atoms. The molecule has 0 aliphatic carbocycles. The first kappa shape index (κ1) is 18.0. The lowest BCUT2D eigenvalue weighted by molar-refractivity contribution is -0.221. The molecule has 0 radical (unpaired) electrons. The van der Waals surface area contributed by atoms with Crippen molar-refractivity contribution in [3.8, 4) is 0 Å². The predicted molar refractivity (Wildman–Crippen MR) is 93.2 cm³/mol. The van der Waals surface area contributed by atoms with Crippen molar-refractivity contribution in [3.05, 3.63) is 23.4 Å².